The number of likely N-dealkylation sites (N-methyl/N-ethyl adjacent to an activating group) is 1. The van der Waals surface area contributed by atoms with Crippen molar-refractivity contribution in [3.63, 3.8) is 0 Å². The van der Waals surface area contributed by atoms with Crippen molar-refractivity contribution in [3.8, 4) is 11.3 Å². The van der Waals surface area contributed by atoms with Gasteiger partial charge in [-0.05, 0) is 69.5 Å². The molecule has 1 aliphatic rings. The molecule has 34 heavy (non-hydrogen) atoms. The molecule has 2 aromatic heterocycles. The molecule has 0 amide bonds. The van der Waals surface area contributed by atoms with Gasteiger partial charge in [0.25, 0.3) is 0 Å². The largest absolute Gasteiger partial charge is 0.357 e. The predicted molar refractivity (Wildman–Crippen MR) is 139 cm³/mol. The van der Waals surface area contributed by atoms with E-state index in [1.54, 1.807) is 19.2 Å². The maximum absolute atomic E-state index is 13.9. The number of halogens is 2. The molecule has 1 saturated heterocycles. The molecule has 6 nitrogen and oxygen atoms in total. The van der Waals surface area contributed by atoms with Gasteiger partial charge >= 0.3 is 0 Å². The van der Waals surface area contributed by atoms with Gasteiger partial charge < -0.3 is 14.7 Å². The first-order valence-corrected chi connectivity index (χ1v) is 12.2. The lowest BCUT2D eigenvalue weighted by atomic mass is 10.1. The van der Waals surface area contributed by atoms with Gasteiger partial charge in [0.2, 0.25) is 5.95 Å². The normalized spacial score (nSPS) is 13.6. The molecule has 0 spiro atoms. The van der Waals surface area contributed by atoms with Crippen LogP contribution in [0.5, 0.6) is 0 Å². The summed E-state index contributed by atoms with van der Waals surface area (Å²) in [5.41, 5.74) is 2.31. The molecule has 1 aliphatic heterocycles. The van der Waals surface area contributed by atoms with Crippen molar-refractivity contribution in [2.75, 3.05) is 47.9 Å². The molecule has 4 rings (SSSR count). The SMILES string of the molecule is Cc1cc(-c2cc(N(CCN(C)c3ncccc3Cl)C(C)C)nc(N3CCCC3)n2)ccc1F. The molecule has 1 aromatic carbocycles. The fourth-order valence-corrected chi connectivity index (χ4v) is 4.50. The summed E-state index contributed by atoms with van der Waals surface area (Å²) >= 11 is 6.35. The average Bonchev–Trinajstić information content (AvgIpc) is 3.36. The molecule has 0 unspecified atom stereocenters. The van der Waals surface area contributed by atoms with Crippen LogP contribution in [-0.4, -0.2) is 54.2 Å². The predicted octanol–water partition coefficient (Wildman–Crippen LogP) is 5.59. The monoisotopic (exact) mass is 482 g/mol. The molecule has 1 fully saturated rings. The van der Waals surface area contributed by atoms with Crippen LogP contribution < -0.4 is 14.7 Å². The van der Waals surface area contributed by atoms with Gasteiger partial charge in [0, 0.05) is 57.1 Å². The summed E-state index contributed by atoms with van der Waals surface area (Å²) in [5.74, 6) is 2.15. The van der Waals surface area contributed by atoms with E-state index in [0.717, 1.165) is 67.9 Å². The fourth-order valence-electron chi connectivity index (χ4n) is 4.24. The minimum absolute atomic E-state index is 0.210. The zero-order valence-corrected chi connectivity index (χ0v) is 21.1. The Morgan fingerprint density at radius 3 is 2.53 bits per heavy atom. The maximum Gasteiger partial charge on any atom is 0.227 e. The highest BCUT2D eigenvalue weighted by Crippen LogP contribution is 2.29. The summed E-state index contributed by atoms with van der Waals surface area (Å²) < 4.78 is 13.9. The smallest absolute Gasteiger partial charge is 0.227 e. The summed E-state index contributed by atoms with van der Waals surface area (Å²) in [6, 6.07) is 11.1. The van der Waals surface area contributed by atoms with Crippen LogP contribution in [0.25, 0.3) is 11.3 Å². The molecule has 8 heteroatoms. The van der Waals surface area contributed by atoms with Gasteiger partial charge in [-0.3, -0.25) is 0 Å². The van der Waals surface area contributed by atoms with Gasteiger partial charge in [0.05, 0.1) is 10.7 Å². The second kappa shape index (κ2) is 10.6. The first-order chi connectivity index (χ1) is 16.3. The van der Waals surface area contributed by atoms with Crippen LogP contribution in [-0.2, 0) is 0 Å². The summed E-state index contributed by atoms with van der Waals surface area (Å²) in [5, 5.41) is 0.633. The van der Waals surface area contributed by atoms with Crippen molar-refractivity contribution in [2.24, 2.45) is 0 Å². The lowest BCUT2D eigenvalue weighted by molar-refractivity contribution is 0.618. The Labute approximate surface area is 206 Å². The van der Waals surface area contributed by atoms with Gasteiger partial charge in [-0.1, -0.05) is 11.6 Å². The van der Waals surface area contributed by atoms with Crippen LogP contribution >= 0.6 is 11.6 Å². The summed E-state index contributed by atoms with van der Waals surface area (Å²) in [6.45, 7) is 9.46. The number of hydrogen-bond acceptors (Lipinski definition) is 6. The van der Waals surface area contributed by atoms with Crippen molar-refractivity contribution < 1.29 is 4.39 Å². The third-order valence-corrected chi connectivity index (χ3v) is 6.53. The maximum atomic E-state index is 13.9. The highest BCUT2D eigenvalue weighted by molar-refractivity contribution is 6.32. The molecule has 3 heterocycles. The van der Waals surface area contributed by atoms with Crippen molar-refractivity contribution in [2.45, 2.75) is 39.7 Å². The number of pyridine rings is 1. The van der Waals surface area contributed by atoms with Crippen LogP contribution in [0.3, 0.4) is 0 Å². The second-order valence-electron chi connectivity index (χ2n) is 9.09. The fraction of sp³-hybridized carbons (Fsp3) is 0.423. The van der Waals surface area contributed by atoms with Crippen molar-refractivity contribution >= 4 is 29.2 Å². The van der Waals surface area contributed by atoms with Gasteiger partial charge in [0.1, 0.15) is 17.5 Å². The molecule has 0 radical (unpaired) electrons. The highest BCUT2D eigenvalue weighted by atomic mass is 35.5. The topological polar surface area (TPSA) is 48.4 Å². The van der Waals surface area contributed by atoms with Crippen LogP contribution in [0.4, 0.5) is 22.0 Å². The number of anilines is 3. The molecular formula is C26H32ClFN6. The Morgan fingerprint density at radius 2 is 1.85 bits per heavy atom. The number of aromatic nitrogens is 3. The number of benzene rings is 1. The zero-order valence-electron chi connectivity index (χ0n) is 20.3. The standard InChI is InChI=1S/C26H32ClFN6/c1-18(2)34(15-14-32(4)25-21(27)8-7-11-29-25)24-17-23(20-9-10-22(28)19(3)16-20)30-26(31-24)33-12-5-6-13-33/h7-11,16-18H,5-6,12-15H2,1-4H3. The van der Waals surface area contributed by atoms with Gasteiger partial charge in [-0.15, -0.1) is 0 Å². The minimum Gasteiger partial charge on any atom is -0.357 e. The third-order valence-electron chi connectivity index (χ3n) is 6.24. The third kappa shape index (κ3) is 5.41. The van der Waals surface area contributed by atoms with Gasteiger partial charge in [-0.25, -0.2) is 14.4 Å². The van der Waals surface area contributed by atoms with E-state index in [-0.39, 0.29) is 11.9 Å². The lowest BCUT2D eigenvalue weighted by Crippen LogP contribution is -2.39. The molecule has 0 N–H and O–H groups in total. The van der Waals surface area contributed by atoms with Gasteiger partial charge in [0.15, 0.2) is 0 Å². The summed E-state index contributed by atoms with van der Waals surface area (Å²) in [6.07, 6.45) is 4.03. The molecule has 0 aliphatic carbocycles. The minimum atomic E-state index is -0.210. The van der Waals surface area contributed by atoms with Crippen molar-refractivity contribution in [3.05, 3.63) is 59.0 Å². The van der Waals surface area contributed by atoms with Crippen molar-refractivity contribution in [1.29, 1.82) is 0 Å². The molecular weight excluding hydrogens is 451 g/mol. The van der Waals surface area contributed by atoms with E-state index in [2.05, 4.69) is 33.5 Å². The highest BCUT2D eigenvalue weighted by Gasteiger charge is 2.21. The van der Waals surface area contributed by atoms with E-state index in [0.29, 0.717) is 10.6 Å². The average molecular weight is 483 g/mol. The van der Waals surface area contributed by atoms with E-state index in [1.165, 1.54) is 6.07 Å². The van der Waals surface area contributed by atoms with E-state index < -0.39 is 0 Å². The van der Waals surface area contributed by atoms with E-state index >= 15 is 0 Å². The van der Waals surface area contributed by atoms with E-state index in [1.807, 2.05) is 31.3 Å². The first kappa shape index (κ1) is 24.2. The molecule has 0 bridgehead atoms. The Kier molecular flexibility index (Phi) is 7.51. The zero-order chi connectivity index (χ0) is 24.2. The Balaban J connectivity index is 1.66. The van der Waals surface area contributed by atoms with Crippen LogP contribution in [0, 0.1) is 12.7 Å². The second-order valence-corrected chi connectivity index (χ2v) is 9.49. The lowest BCUT2D eigenvalue weighted by Gasteiger charge is -2.31. The Morgan fingerprint density at radius 1 is 1.09 bits per heavy atom. The number of rotatable bonds is 8. The van der Waals surface area contributed by atoms with E-state index in [9.17, 15) is 4.39 Å². The Bertz CT molecular complexity index is 1130. The molecule has 0 atom stereocenters. The van der Waals surface area contributed by atoms with Crippen LogP contribution in [0.2, 0.25) is 5.02 Å². The molecule has 0 saturated carbocycles. The number of aryl methyl sites for hydroxylation is 1. The van der Waals surface area contributed by atoms with Crippen LogP contribution in [0.1, 0.15) is 32.3 Å². The number of hydrogen-bond donors (Lipinski definition) is 0. The first-order valence-electron chi connectivity index (χ1n) is 11.8. The quantitative estimate of drug-likeness (QED) is 0.417. The summed E-state index contributed by atoms with van der Waals surface area (Å²) in [7, 11) is 2.00. The molecule has 3 aromatic rings. The van der Waals surface area contributed by atoms with Crippen LogP contribution in [0.15, 0.2) is 42.6 Å². The van der Waals surface area contributed by atoms with Gasteiger partial charge in [-0.2, -0.15) is 4.98 Å². The van der Waals surface area contributed by atoms with Crippen molar-refractivity contribution in [1.82, 2.24) is 15.0 Å². The Hall–Kier alpha value is -2.93. The molecule has 180 valence electrons. The summed E-state index contributed by atoms with van der Waals surface area (Å²) in [4.78, 5) is 20.8. The van der Waals surface area contributed by atoms with E-state index in [4.69, 9.17) is 21.6 Å². The number of nitrogens with zero attached hydrogens (tertiary/aromatic N) is 6.